The average Bonchev–Trinajstić information content (AvgIpc) is 2.39. The van der Waals surface area contributed by atoms with Crippen LogP contribution in [0.3, 0.4) is 0 Å². The van der Waals surface area contributed by atoms with Gasteiger partial charge in [-0.3, -0.25) is 4.79 Å². The fourth-order valence-electron chi connectivity index (χ4n) is 2.02. The molecule has 2 amide bonds. The van der Waals surface area contributed by atoms with E-state index < -0.39 is 0 Å². The zero-order chi connectivity index (χ0) is 13.1. The number of carbonyl (C=O) groups excluding carboxylic acids is 2. The summed E-state index contributed by atoms with van der Waals surface area (Å²) in [5, 5.41) is 2.86. The number of benzene rings is 1. The first kappa shape index (κ1) is 12.4. The minimum Gasteiger partial charge on any atom is -0.327 e. The lowest BCUT2D eigenvalue weighted by molar-refractivity contribution is -0.114. The first-order chi connectivity index (χ1) is 8.63. The van der Waals surface area contributed by atoms with E-state index in [2.05, 4.69) is 5.32 Å². The quantitative estimate of drug-likeness (QED) is 0.886. The number of hydrogen-bond donors (Lipinski definition) is 1. The Hall–Kier alpha value is -2.10. The summed E-state index contributed by atoms with van der Waals surface area (Å²) in [6.07, 6.45) is 1.65. The molecule has 94 valence electrons. The lowest BCUT2D eigenvalue weighted by atomic mass is 9.95. The van der Waals surface area contributed by atoms with Gasteiger partial charge in [0.15, 0.2) is 5.78 Å². The Morgan fingerprint density at radius 2 is 2.00 bits per heavy atom. The molecule has 1 aromatic rings. The van der Waals surface area contributed by atoms with Gasteiger partial charge in [0.05, 0.1) is 6.04 Å². The van der Waals surface area contributed by atoms with E-state index in [1.54, 1.807) is 6.20 Å². The lowest BCUT2D eigenvalue weighted by Crippen LogP contribution is -2.44. The molecule has 0 radical (unpaired) electrons. The maximum absolute atomic E-state index is 11.8. The Balaban J connectivity index is 2.41. The van der Waals surface area contributed by atoms with Gasteiger partial charge in [0, 0.05) is 18.3 Å². The lowest BCUT2D eigenvalue weighted by Gasteiger charge is -2.30. The van der Waals surface area contributed by atoms with Gasteiger partial charge in [-0.15, -0.1) is 0 Å². The highest BCUT2D eigenvalue weighted by Crippen LogP contribution is 2.26. The van der Waals surface area contributed by atoms with Crippen molar-refractivity contribution in [1.29, 1.82) is 0 Å². The van der Waals surface area contributed by atoms with Crippen LogP contribution in [0.2, 0.25) is 0 Å². The monoisotopic (exact) mass is 244 g/mol. The molecule has 1 heterocycles. The van der Waals surface area contributed by atoms with E-state index in [4.69, 9.17) is 0 Å². The number of rotatable bonds is 3. The molecule has 0 bridgehead atoms. The molecule has 0 unspecified atom stereocenters. The number of nitrogens with zero attached hydrogens (tertiary/aromatic N) is 1. The van der Waals surface area contributed by atoms with E-state index in [0.29, 0.717) is 12.1 Å². The van der Waals surface area contributed by atoms with E-state index in [0.717, 1.165) is 5.56 Å². The molecule has 1 aliphatic heterocycles. The molecule has 18 heavy (non-hydrogen) atoms. The van der Waals surface area contributed by atoms with E-state index in [1.807, 2.05) is 37.3 Å². The van der Waals surface area contributed by atoms with E-state index >= 15 is 0 Å². The second-order valence-corrected chi connectivity index (χ2v) is 4.22. The Labute approximate surface area is 106 Å². The van der Waals surface area contributed by atoms with Crippen LogP contribution < -0.4 is 5.32 Å². The average molecular weight is 244 g/mol. The van der Waals surface area contributed by atoms with Gasteiger partial charge in [-0.2, -0.15) is 0 Å². The maximum Gasteiger partial charge on any atom is 0.322 e. The molecule has 1 N–H and O–H groups in total. The van der Waals surface area contributed by atoms with E-state index in [-0.39, 0.29) is 17.9 Å². The molecule has 1 aliphatic rings. The van der Waals surface area contributed by atoms with Gasteiger partial charge >= 0.3 is 6.03 Å². The summed E-state index contributed by atoms with van der Waals surface area (Å²) in [5.74, 6) is -0.0256. The third kappa shape index (κ3) is 2.27. The summed E-state index contributed by atoms with van der Waals surface area (Å²) in [7, 11) is 0. The maximum atomic E-state index is 11.8. The largest absolute Gasteiger partial charge is 0.327 e. The summed E-state index contributed by atoms with van der Waals surface area (Å²) in [4.78, 5) is 25.1. The van der Waals surface area contributed by atoms with Gasteiger partial charge in [-0.25, -0.2) is 4.79 Å². The number of hydrogen-bond acceptors (Lipinski definition) is 2. The molecule has 0 aliphatic carbocycles. The molecule has 0 spiro atoms. The molecular formula is C14H16N2O2. The predicted octanol–water partition coefficient (Wildman–Crippen LogP) is 2.25. The van der Waals surface area contributed by atoms with Crippen LogP contribution in [0, 0.1) is 0 Å². The Morgan fingerprint density at radius 1 is 1.33 bits per heavy atom. The fraction of sp³-hybridized carbons (Fsp3) is 0.286. The predicted molar refractivity (Wildman–Crippen MR) is 68.9 cm³/mol. The molecule has 2 rings (SSSR count). The summed E-state index contributed by atoms with van der Waals surface area (Å²) < 4.78 is 0. The Bertz CT molecular complexity index is 494. The number of nitrogens with one attached hydrogen (secondary N) is 1. The van der Waals surface area contributed by atoms with E-state index in [9.17, 15) is 9.59 Å². The van der Waals surface area contributed by atoms with Gasteiger partial charge in [-0.1, -0.05) is 30.3 Å². The number of carbonyl (C=O) groups is 2. The molecule has 1 aromatic carbocycles. The van der Waals surface area contributed by atoms with Crippen molar-refractivity contribution in [2.45, 2.75) is 19.9 Å². The van der Waals surface area contributed by atoms with Crippen molar-refractivity contribution in [2.24, 2.45) is 0 Å². The SMILES string of the molecule is CCN1C=C(C(C)=O)[C@@H](c2ccccc2)NC1=O. The van der Waals surface area contributed by atoms with Crippen molar-refractivity contribution in [1.82, 2.24) is 10.2 Å². The topological polar surface area (TPSA) is 49.4 Å². The minimum atomic E-state index is -0.348. The van der Waals surface area contributed by atoms with Crippen molar-refractivity contribution < 1.29 is 9.59 Å². The molecule has 4 heteroatoms. The Kier molecular flexibility index (Phi) is 3.46. The molecule has 0 saturated heterocycles. The normalized spacial score (nSPS) is 19.2. The highest BCUT2D eigenvalue weighted by Gasteiger charge is 2.29. The van der Waals surface area contributed by atoms with Crippen LogP contribution in [0.15, 0.2) is 42.1 Å². The summed E-state index contributed by atoms with van der Waals surface area (Å²) in [5.41, 5.74) is 1.53. The first-order valence-corrected chi connectivity index (χ1v) is 5.98. The number of Topliss-reactive ketones (excluding diaryl/α,β-unsaturated/α-hetero) is 1. The van der Waals surface area contributed by atoms with Gasteiger partial charge < -0.3 is 10.2 Å². The second kappa shape index (κ2) is 5.04. The van der Waals surface area contributed by atoms with Crippen molar-refractivity contribution >= 4 is 11.8 Å². The molecular weight excluding hydrogens is 228 g/mol. The third-order valence-electron chi connectivity index (χ3n) is 3.01. The van der Waals surface area contributed by atoms with Crippen molar-refractivity contribution in [3.63, 3.8) is 0 Å². The van der Waals surface area contributed by atoms with E-state index in [1.165, 1.54) is 11.8 Å². The van der Waals surface area contributed by atoms with Crippen LogP contribution in [-0.2, 0) is 4.79 Å². The van der Waals surface area contributed by atoms with Gasteiger partial charge in [-0.05, 0) is 19.4 Å². The van der Waals surface area contributed by atoms with Crippen LogP contribution in [0.1, 0.15) is 25.5 Å². The number of amides is 2. The molecule has 0 saturated carbocycles. The third-order valence-corrected chi connectivity index (χ3v) is 3.01. The Morgan fingerprint density at radius 3 is 2.56 bits per heavy atom. The highest BCUT2D eigenvalue weighted by molar-refractivity contribution is 5.97. The van der Waals surface area contributed by atoms with Crippen LogP contribution in [0.4, 0.5) is 4.79 Å². The molecule has 1 atom stereocenters. The zero-order valence-electron chi connectivity index (χ0n) is 10.5. The van der Waals surface area contributed by atoms with Crippen molar-refractivity contribution in [2.75, 3.05) is 6.54 Å². The fourth-order valence-corrected chi connectivity index (χ4v) is 2.02. The summed E-state index contributed by atoms with van der Waals surface area (Å²) >= 11 is 0. The zero-order valence-corrected chi connectivity index (χ0v) is 10.5. The standard InChI is InChI=1S/C14H16N2O2/c1-3-16-9-12(10(2)17)13(15-14(16)18)11-7-5-4-6-8-11/h4-9,13H,3H2,1-2H3,(H,15,18)/t13-/m1/s1. The molecule has 0 fully saturated rings. The minimum absolute atomic E-state index is 0.0256. The van der Waals surface area contributed by atoms with Crippen molar-refractivity contribution in [3.05, 3.63) is 47.7 Å². The summed E-state index contributed by atoms with van der Waals surface area (Å²) in [6.45, 7) is 3.94. The number of urea groups is 1. The smallest absolute Gasteiger partial charge is 0.322 e. The number of ketones is 1. The van der Waals surface area contributed by atoms with Crippen LogP contribution in [0.5, 0.6) is 0 Å². The highest BCUT2D eigenvalue weighted by atomic mass is 16.2. The second-order valence-electron chi connectivity index (χ2n) is 4.22. The van der Waals surface area contributed by atoms with Gasteiger partial charge in [0.1, 0.15) is 0 Å². The van der Waals surface area contributed by atoms with Gasteiger partial charge in [0.2, 0.25) is 0 Å². The first-order valence-electron chi connectivity index (χ1n) is 5.98. The summed E-state index contributed by atoms with van der Waals surface area (Å²) in [6, 6.07) is 8.99. The van der Waals surface area contributed by atoms with Gasteiger partial charge in [0.25, 0.3) is 0 Å². The van der Waals surface area contributed by atoms with Crippen molar-refractivity contribution in [3.8, 4) is 0 Å². The van der Waals surface area contributed by atoms with Crippen LogP contribution in [0.25, 0.3) is 0 Å². The molecule has 4 nitrogen and oxygen atoms in total. The van der Waals surface area contributed by atoms with Crippen LogP contribution >= 0.6 is 0 Å². The van der Waals surface area contributed by atoms with Crippen LogP contribution in [-0.4, -0.2) is 23.3 Å². The molecule has 0 aromatic heterocycles.